The van der Waals surface area contributed by atoms with Crippen molar-refractivity contribution in [3.63, 3.8) is 0 Å². The highest BCUT2D eigenvalue weighted by Gasteiger charge is 2.16. The number of rotatable bonds is 4. The number of thiazole rings is 1. The minimum Gasteiger partial charge on any atom is -0.423 e. The van der Waals surface area contributed by atoms with E-state index in [1.165, 1.54) is 29.7 Å². The molecule has 98 valence electrons. The van der Waals surface area contributed by atoms with Crippen molar-refractivity contribution >= 4 is 41.1 Å². The summed E-state index contributed by atoms with van der Waals surface area (Å²) in [6.07, 6.45) is 1.41. The van der Waals surface area contributed by atoms with Gasteiger partial charge in [-0.3, -0.25) is 5.43 Å². The Bertz CT molecular complexity index is 605. The van der Waals surface area contributed by atoms with Gasteiger partial charge in [0.15, 0.2) is 0 Å². The van der Waals surface area contributed by atoms with Gasteiger partial charge in [-0.25, -0.2) is 9.37 Å². The monoisotopic (exact) mass is 280 g/mol. The lowest BCUT2D eigenvalue weighted by Gasteiger charge is -2.02. The summed E-state index contributed by atoms with van der Waals surface area (Å²) in [5, 5.41) is 24.0. The Morgan fingerprint density at radius 3 is 2.89 bits per heavy atom. The fourth-order valence-electron chi connectivity index (χ4n) is 1.34. The molecule has 2 rings (SSSR count). The van der Waals surface area contributed by atoms with Gasteiger partial charge in [-0.05, 0) is 11.6 Å². The van der Waals surface area contributed by atoms with E-state index in [-0.39, 0.29) is 5.46 Å². The Balaban J connectivity index is 2.08. The number of nitrogens with two attached hydrogens (primary N) is 1. The zero-order valence-electron chi connectivity index (χ0n) is 9.62. The summed E-state index contributed by atoms with van der Waals surface area (Å²) in [5.74, 6) is -0.289. The molecule has 6 nitrogen and oxygen atoms in total. The SMILES string of the molecule is Nc1csc(NN=Cc2ccc(F)c(B(O)O)c2)n1. The van der Waals surface area contributed by atoms with Crippen molar-refractivity contribution in [2.75, 3.05) is 11.2 Å². The second-order valence-electron chi connectivity index (χ2n) is 3.60. The molecule has 9 heteroatoms. The number of anilines is 2. The number of nitrogen functional groups attached to an aromatic ring is 1. The van der Waals surface area contributed by atoms with Crippen LogP contribution in [-0.2, 0) is 0 Å². The Hall–Kier alpha value is -1.97. The molecule has 1 aromatic carbocycles. The first-order chi connectivity index (χ1) is 9.06. The Morgan fingerprint density at radius 2 is 2.26 bits per heavy atom. The Morgan fingerprint density at radius 1 is 1.47 bits per heavy atom. The molecule has 1 aromatic heterocycles. The van der Waals surface area contributed by atoms with Crippen molar-refractivity contribution in [3.05, 3.63) is 35.0 Å². The van der Waals surface area contributed by atoms with Crippen LogP contribution in [0.25, 0.3) is 0 Å². The summed E-state index contributed by atoms with van der Waals surface area (Å²) < 4.78 is 13.2. The van der Waals surface area contributed by atoms with Crippen LogP contribution in [-0.4, -0.2) is 28.4 Å². The standard InChI is InChI=1S/C10H10BFN4O2S/c12-8-2-1-6(3-7(8)11(17)18)4-14-16-10-15-9(13)5-19-10/h1-5,17-18H,13H2,(H,15,16). The predicted molar refractivity (Wildman–Crippen MR) is 74.0 cm³/mol. The molecular weight excluding hydrogens is 270 g/mol. The lowest BCUT2D eigenvalue weighted by atomic mass is 9.79. The largest absolute Gasteiger partial charge is 0.491 e. The van der Waals surface area contributed by atoms with Gasteiger partial charge in [-0.15, -0.1) is 11.3 Å². The molecule has 2 aromatic rings. The van der Waals surface area contributed by atoms with Crippen molar-refractivity contribution in [3.8, 4) is 0 Å². The maximum absolute atomic E-state index is 13.2. The van der Waals surface area contributed by atoms with Crippen LogP contribution in [0.2, 0.25) is 0 Å². The molecule has 0 aliphatic carbocycles. The molecule has 0 aliphatic rings. The van der Waals surface area contributed by atoms with Crippen LogP contribution in [0.5, 0.6) is 0 Å². The predicted octanol–water partition coefficient (Wildman–Crippen LogP) is -0.00980. The van der Waals surface area contributed by atoms with E-state index >= 15 is 0 Å². The summed E-state index contributed by atoms with van der Waals surface area (Å²) >= 11 is 1.29. The number of benzene rings is 1. The van der Waals surface area contributed by atoms with E-state index in [0.717, 1.165) is 6.07 Å². The molecule has 0 saturated heterocycles. The second-order valence-corrected chi connectivity index (χ2v) is 4.46. The van der Waals surface area contributed by atoms with Crippen molar-refractivity contribution in [2.45, 2.75) is 0 Å². The zero-order chi connectivity index (χ0) is 13.8. The molecule has 0 spiro atoms. The number of nitrogens with one attached hydrogen (secondary N) is 1. The smallest absolute Gasteiger partial charge is 0.423 e. The molecule has 0 atom stereocenters. The number of hydrogen-bond donors (Lipinski definition) is 4. The van der Waals surface area contributed by atoms with Gasteiger partial charge in [-0.2, -0.15) is 5.10 Å². The molecular formula is C10H10BFN4O2S. The van der Waals surface area contributed by atoms with E-state index in [1.54, 1.807) is 5.38 Å². The zero-order valence-corrected chi connectivity index (χ0v) is 10.4. The van der Waals surface area contributed by atoms with Gasteiger partial charge in [0.2, 0.25) is 5.13 Å². The minimum absolute atomic E-state index is 0.206. The molecule has 0 aliphatic heterocycles. The van der Waals surface area contributed by atoms with Crippen molar-refractivity contribution in [2.24, 2.45) is 5.10 Å². The minimum atomic E-state index is -1.86. The summed E-state index contributed by atoms with van der Waals surface area (Å²) in [7, 11) is -1.86. The highest BCUT2D eigenvalue weighted by molar-refractivity contribution is 7.14. The molecule has 0 fully saturated rings. The van der Waals surface area contributed by atoms with E-state index in [9.17, 15) is 4.39 Å². The molecule has 0 unspecified atom stereocenters. The molecule has 0 radical (unpaired) electrons. The maximum atomic E-state index is 13.2. The van der Waals surface area contributed by atoms with Crippen LogP contribution in [0.1, 0.15) is 5.56 Å². The molecule has 0 amide bonds. The topological polar surface area (TPSA) is 104 Å². The summed E-state index contributed by atoms with van der Waals surface area (Å²) in [6, 6.07) is 3.89. The van der Waals surface area contributed by atoms with Gasteiger partial charge in [-0.1, -0.05) is 12.1 Å². The lowest BCUT2D eigenvalue weighted by molar-refractivity contribution is 0.423. The average molecular weight is 280 g/mol. The number of halogens is 1. The highest BCUT2D eigenvalue weighted by Crippen LogP contribution is 2.15. The Kier molecular flexibility index (Phi) is 4.10. The van der Waals surface area contributed by atoms with Crippen LogP contribution in [0.4, 0.5) is 15.3 Å². The summed E-state index contributed by atoms with van der Waals surface area (Å²) in [6.45, 7) is 0. The van der Waals surface area contributed by atoms with Gasteiger partial charge in [0.1, 0.15) is 11.6 Å². The molecule has 0 bridgehead atoms. The Labute approximate surface area is 112 Å². The van der Waals surface area contributed by atoms with Crippen molar-refractivity contribution < 1.29 is 14.4 Å². The summed E-state index contributed by atoms with van der Waals surface area (Å²) in [5.41, 5.74) is 8.41. The molecule has 5 N–H and O–H groups in total. The molecule has 1 heterocycles. The van der Waals surface area contributed by atoms with E-state index in [1.807, 2.05) is 0 Å². The number of hydrogen-bond acceptors (Lipinski definition) is 7. The van der Waals surface area contributed by atoms with Crippen LogP contribution >= 0.6 is 11.3 Å². The van der Waals surface area contributed by atoms with Crippen LogP contribution in [0, 0.1) is 5.82 Å². The fraction of sp³-hybridized carbons (Fsp3) is 0. The fourth-order valence-corrected chi connectivity index (χ4v) is 1.89. The third-order valence-electron chi connectivity index (χ3n) is 2.19. The van der Waals surface area contributed by atoms with Crippen LogP contribution in [0.3, 0.4) is 0 Å². The number of nitrogens with zero attached hydrogens (tertiary/aromatic N) is 2. The van der Waals surface area contributed by atoms with Gasteiger partial charge < -0.3 is 15.8 Å². The first-order valence-electron chi connectivity index (χ1n) is 5.22. The van der Waals surface area contributed by atoms with Gasteiger partial charge in [0.05, 0.1) is 6.21 Å². The first kappa shape index (κ1) is 13.5. The quantitative estimate of drug-likeness (QED) is 0.358. The van der Waals surface area contributed by atoms with Crippen molar-refractivity contribution in [1.29, 1.82) is 0 Å². The normalized spacial score (nSPS) is 10.9. The highest BCUT2D eigenvalue weighted by atomic mass is 32.1. The third-order valence-corrected chi connectivity index (χ3v) is 2.96. The van der Waals surface area contributed by atoms with Crippen LogP contribution in [0.15, 0.2) is 28.7 Å². The lowest BCUT2D eigenvalue weighted by Crippen LogP contribution is -2.33. The van der Waals surface area contributed by atoms with E-state index in [2.05, 4.69) is 15.5 Å². The number of aromatic nitrogens is 1. The van der Waals surface area contributed by atoms with E-state index in [0.29, 0.717) is 16.5 Å². The first-order valence-corrected chi connectivity index (χ1v) is 6.10. The number of hydrazone groups is 1. The van der Waals surface area contributed by atoms with Gasteiger partial charge >= 0.3 is 7.12 Å². The van der Waals surface area contributed by atoms with E-state index < -0.39 is 12.9 Å². The average Bonchev–Trinajstić information content (AvgIpc) is 2.77. The van der Waals surface area contributed by atoms with Crippen LogP contribution < -0.4 is 16.6 Å². The van der Waals surface area contributed by atoms with Gasteiger partial charge in [0, 0.05) is 10.8 Å². The van der Waals surface area contributed by atoms with Crippen molar-refractivity contribution in [1.82, 2.24) is 4.98 Å². The molecule has 0 saturated carbocycles. The third kappa shape index (κ3) is 3.50. The second kappa shape index (κ2) is 5.78. The maximum Gasteiger partial charge on any atom is 0.491 e. The van der Waals surface area contributed by atoms with Gasteiger partial charge in [0.25, 0.3) is 0 Å². The van der Waals surface area contributed by atoms with E-state index in [4.69, 9.17) is 15.8 Å². The molecule has 19 heavy (non-hydrogen) atoms. The summed E-state index contributed by atoms with van der Waals surface area (Å²) in [4.78, 5) is 3.93.